The Morgan fingerprint density at radius 3 is 2.35 bits per heavy atom. The average molecular weight is 337 g/mol. The maximum Gasteiger partial charge on any atom is 0.244 e. The monoisotopic (exact) mass is 337 g/mol. The van der Waals surface area contributed by atoms with Crippen LogP contribution in [0.1, 0.15) is 32.0 Å². The Kier molecular flexibility index (Phi) is 4.81. The lowest BCUT2D eigenvalue weighted by atomic mass is 9.92. The van der Waals surface area contributed by atoms with Crippen molar-refractivity contribution >= 4 is 10.0 Å². The van der Waals surface area contributed by atoms with Crippen molar-refractivity contribution in [2.75, 3.05) is 7.11 Å². The second-order valence-electron chi connectivity index (χ2n) is 6.44. The number of methoxy groups -OCH3 is 1. The molecular weight excluding hydrogens is 314 g/mol. The Morgan fingerprint density at radius 2 is 1.83 bits per heavy atom. The Morgan fingerprint density at radius 1 is 1.22 bits per heavy atom. The lowest BCUT2D eigenvalue weighted by molar-refractivity contribution is 0.414. The second kappa shape index (κ2) is 6.33. The van der Waals surface area contributed by atoms with Gasteiger partial charge in [-0.3, -0.25) is 4.68 Å². The van der Waals surface area contributed by atoms with Crippen LogP contribution in [0.3, 0.4) is 0 Å². The van der Waals surface area contributed by atoms with Gasteiger partial charge in [0.2, 0.25) is 10.0 Å². The van der Waals surface area contributed by atoms with E-state index in [1.807, 2.05) is 32.9 Å². The predicted octanol–water partition coefficient (Wildman–Crippen LogP) is 2.20. The zero-order valence-corrected chi connectivity index (χ0v) is 14.9. The molecule has 0 aliphatic carbocycles. The highest BCUT2D eigenvalue weighted by atomic mass is 32.2. The number of aryl methyl sites for hydroxylation is 1. The molecule has 0 aliphatic rings. The number of ether oxygens (including phenoxy) is 1. The highest BCUT2D eigenvalue weighted by molar-refractivity contribution is 7.89. The molecule has 0 unspecified atom stereocenters. The number of aromatic nitrogens is 2. The second-order valence-corrected chi connectivity index (χ2v) is 8.17. The van der Waals surface area contributed by atoms with Gasteiger partial charge >= 0.3 is 0 Å². The third kappa shape index (κ3) is 4.11. The van der Waals surface area contributed by atoms with Crippen LogP contribution in [-0.4, -0.2) is 25.3 Å². The molecule has 0 aliphatic heterocycles. The summed E-state index contributed by atoms with van der Waals surface area (Å²) in [6.45, 7) is 6.04. The molecule has 0 atom stereocenters. The largest absolute Gasteiger partial charge is 0.497 e. The van der Waals surface area contributed by atoms with Crippen molar-refractivity contribution in [1.82, 2.24) is 14.5 Å². The molecule has 126 valence electrons. The summed E-state index contributed by atoms with van der Waals surface area (Å²) in [6.07, 6.45) is 1.54. The SMILES string of the molecule is COc1ccc(CNS(=O)(=O)c2cn(C)nc2C(C)(C)C)cc1. The van der Waals surface area contributed by atoms with Crippen LogP contribution >= 0.6 is 0 Å². The highest BCUT2D eigenvalue weighted by Gasteiger charge is 2.29. The van der Waals surface area contributed by atoms with Crippen molar-refractivity contribution in [1.29, 1.82) is 0 Å². The molecule has 23 heavy (non-hydrogen) atoms. The number of rotatable bonds is 5. The van der Waals surface area contributed by atoms with Crippen molar-refractivity contribution in [3.63, 3.8) is 0 Å². The summed E-state index contributed by atoms with van der Waals surface area (Å²) in [5.74, 6) is 0.735. The molecular formula is C16H23N3O3S. The van der Waals surface area contributed by atoms with E-state index in [1.165, 1.54) is 10.9 Å². The fourth-order valence-electron chi connectivity index (χ4n) is 2.18. The van der Waals surface area contributed by atoms with Crippen LogP contribution in [0.4, 0.5) is 0 Å². The van der Waals surface area contributed by atoms with Crippen LogP contribution in [0.2, 0.25) is 0 Å². The molecule has 2 aromatic rings. The van der Waals surface area contributed by atoms with Crippen molar-refractivity contribution in [2.24, 2.45) is 7.05 Å². The Hall–Kier alpha value is -1.86. The lowest BCUT2D eigenvalue weighted by Crippen LogP contribution is -2.26. The number of hydrogen-bond donors (Lipinski definition) is 1. The number of nitrogens with one attached hydrogen (secondary N) is 1. The Bertz CT molecular complexity index is 772. The van der Waals surface area contributed by atoms with E-state index in [4.69, 9.17) is 4.74 Å². The minimum absolute atomic E-state index is 0.213. The molecule has 6 nitrogen and oxygen atoms in total. The maximum atomic E-state index is 12.6. The average Bonchev–Trinajstić information content (AvgIpc) is 2.89. The van der Waals surface area contributed by atoms with Gasteiger partial charge in [-0.2, -0.15) is 5.10 Å². The first-order chi connectivity index (χ1) is 10.6. The number of benzene rings is 1. The van der Waals surface area contributed by atoms with E-state index in [9.17, 15) is 8.42 Å². The smallest absolute Gasteiger partial charge is 0.244 e. The van der Waals surface area contributed by atoms with Crippen LogP contribution in [0, 0.1) is 0 Å². The summed E-state index contributed by atoms with van der Waals surface area (Å²) in [4.78, 5) is 0.223. The third-order valence-corrected chi connectivity index (χ3v) is 4.82. The summed E-state index contributed by atoms with van der Waals surface area (Å²) in [7, 11) is -0.320. The summed E-state index contributed by atoms with van der Waals surface area (Å²) < 4.78 is 34.5. The molecule has 7 heteroatoms. The normalized spacial score (nSPS) is 12.4. The first-order valence-electron chi connectivity index (χ1n) is 7.30. The van der Waals surface area contributed by atoms with Gasteiger partial charge in [0.25, 0.3) is 0 Å². The number of hydrogen-bond acceptors (Lipinski definition) is 4. The fraction of sp³-hybridized carbons (Fsp3) is 0.438. The van der Waals surface area contributed by atoms with E-state index < -0.39 is 10.0 Å². The van der Waals surface area contributed by atoms with Crippen molar-refractivity contribution in [3.8, 4) is 5.75 Å². The summed E-state index contributed by atoms with van der Waals surface area (Å²) in [5.41, 5.74) is 1.06. The molecule has 1 N–H and O–H groups in total. The molecule has 1 aromatic carbocycles. The first kappa shape index (κ1) is 17.5. The van der Waals surface area contributed by atoms with Gasteiger partial charge in [0.05, 0.1) is 12.8 Å². The molecule has 0 radical (unpaired) electrons. The van der Waals surface area contributed by atoms with Gasteiger partial charge < -0.3 is 4.74 Å². The molecule has 0 saturated heterocycles. The minimum Gasteiger partial charge on any atom is -0.497 e. The van der Waals surface area contributed by atoms with Crippen molar-refractivity contribution in [2.45, 2.75) is 37.6 Å². The quantitative estimate of drug-likeness (QED) is 0.908. The standard InChI is InChI=1S/C16H23N3O3S/c1-16(2,3)15-14(11-19(4)18-15)23(20,21)17-10-12-6-8-13(22-5)9-7-12/h6-9,11,17H,10H2,1-5H3. The van der Waals surface area contributed by atoms with E-state index in [-0.39, 0.29) is 16.9 Å². The third-order valence-electron chi connectivity index (χ3n) is 3.42. The molecule has 0 spiro atoms. The Balaban J connectivity index is 2.22. The highest BCUT2D eigenvalue weighted by Crippen LogP contribution is 2.27. The molecule has 0 amide bonds. The van der Waals surface area contributed by atoms with E-state index in [1.54, 1.807) is 26.3 Å². The molecule has 0 saturated carbocycles. The van der Waals surface area contributed by atoms with Crippen molar-refractivity contribution < 1.29 is 13.2 Å². The van der Waals surface area contributed by atoms with E-state index >= 15 is 0 Å². The van der Waals surface area contributed by atoms with E-state index in [2.05, 4.69) is 9.82 Å². The topological polar surface area (TPSA) is 73.2 Å². The summed E-state index contributed by atoms with van der Waals surface area (Å²) >= 11 is 0. The Labute approximate surface area is 137 Å². The van der Waals surface area contributed by atoms with Crippen LogP contribution in [0.25, 0.3) is 0 Å². The predicted molar refractivity (Wildman–Crippen MR) is 88.9 cm³/mol. The summed E-state index contributed by atoms with van der Waals surface area (Å²) in [5, 5.41) is 4.31. The molecule has 1 heterocycles. The first-order valence-corrected chi connectivity index (χ1v) is 8.78. The zero-order valence-electron chi connectivity index (χ0n) is 14.1. The van der Waals surface area contributed by atoms with Gasteiger partial charge in [-0.15, -0.1) is 0 Å². The van der Waals surface area contributed by atoms with Gasteiger partial charge in [0, 0.05) is 25.2 Å². The molecule has 0 bridgehead atoms. The minimum atomic E-state index is -3.63. The molecule has 1 aromatic heterocycles. The van der Waals surface area contributed by atoms with Crippen LogP contribution in [0.5, 0.6) is 5.75 Å². The maximum absolute atomic E-state index is 12.6. The molecule has 2 rings (SSSR count). The zero-order chi connectivity index (χ0) is 17.3. The van der Waals surface area contributed by atoms with Crippen LogP contribution in [0.15, 0.2) is 35.4 Å². The van der Waals surface area contributed by atoms with Gasteiger partial charge in [-0.25, -0.2) is 13.1 Å². The van der Waals surface area contributed by atoms with Gasteiger partial charge in [-0.1, -0.05) is 32.9 Å². The number of nitrogens with zero attached hydrogens (tertiary/aromatic N) is 2. The summed E-state index contributed by atoms with van der Waals surface area (Å²) in [6, 6.07) is 7.26. The van der Waals surface area contributed by atoms with Crippen LogP contribution < -0.4 is 9.46 Å². The lowest BCUT2D eigenvalue weighted by Gasteiger charge is -2.17. The van der Waals surface area contributed by atoms with Crippen LogP contribution in [-0.2, 0) is 29.0 Å². The van der Waals surface area contributed by atoms with Gasteiger partial charge in [-0.05, 0) is 17.7 Å². The van der Waals surface area contributed by atoms with E-state index in [0.29, 0.717) is 5.69 Å². The molecule has 0 fully saturated rings. The number of sulfonamides is 1. The van der Waals surface area contributed by atoms with Gasteiger partial charge in [0.15, 0.2) is 0 Å². The van der Waals surface area contributed by atoms with Gasteiger partial charge in [0.1, 0.15) is 10.6 Å². The fourth-order valence-corrected chi connectivity index (χ4v) is 3.59. The van der Waals surface area contributed by atoms with E-state index in [0.717, 1.165) is 11.3 Å². The van der Waals surface area contributed by atoms with Crippen molar-refractivity contribution in [3.05, 3.63) is 41.7 Å².